The normalized spacial score (nSPS) is 15.8. The number of methoxy groups -OCH3 is 1. The third-order valence-corrected chi connectivity index (χ3v) is 10.1. The summed E-state index contributed by atoms with van der Waals surface area (Å²) in [6, 6.07) is 17.2. The first-order valence-electron chi connectivity index (χ1n) is 18.7. The van der Waals surface area contributed by atoms with Crippen molar-refractivity contribution in [3.05, 3.63) is 94.5 Å². The minimum atomic E-state index is -0.866. The van der Waals surface area contributed by atoms with Crippen LogP contribution in [0.1, 0.15) is 76.9 Å². The lowest BCUT2D eigenvalue weighted by atomic mass is 9.83. The molecule has 1 aliphatic carbocycles. The van der Waals surface area contributed by atoms with Gasteiger partial charge in [0.05, 0.1) is 25.3 Å². The number of fused-ring (bicyclic) bond motifs is 2. The average Bonchev–Trinajstić information content (AvgIpc) is 3.69. The van der Waals surface area contributed by atoms with Crippen molar-refractivity contribution in [2.24, 2.45) is 5.92 Å². The lowest BCUT2D eigenvalue weighted by Gasteiger charge is -2.29. The third-order valence-electron chi connectivity index (χ3n) is 9.73. The minimum Gasteiger partial charge on any atom is -0.497 e. The number of nitrogens with zero attached hydrogens (tertiary/aromatic N) is 1. The summed E-state index contributed by atoms with van der Waals surface area (Å²) in [5.74, 6) is -0.907. The average molecular weight is 771 g/mol. The fourth-order valence-electron chi connectivity index (χ4n) is 6.89. The molecule has 14 heteroatoms. The molecule has 0 bridgehead atoms. The van der Waals surface area contributed by atoms with Crippen LogP contribution < -0.4 is 31.3 Å². The number of nitrogens with one attached hydrogen (secondary N) is 5. The number of likely N-dealkylation sites (tertiary alicyclic amines) is 1. The number of rotatable bonds is 18. The minimum absolute atomic E-state index is 0.0697. The van der Waals surface area contributed by atoms with Gasteiger partial charge in [-0.15, -0.1) is 0 Å². The number of hydrogen-bond acceptors (Lipinski definition) is 10. The van der Waals surface area contributed by atoms with Crippen molar-refractivity contribution in [2.45, 2.75) is 64.2 Å². The summed E-state index contributed by atoms with van der Waals surface area (Å²) >= 11 is 4.30. The van der Waals surface area contributed by atoms with Crippen LogP contribution in [0.3, 0.4) is 0 Å². The molecule has 5 rings (SSSR count). The molecule has 3 aromatic carbocycles. The van der Waals surface area contributed by atoms with E-state index in [1.165, 1.54) is 4.90 Å². The van der Waals surface area contributed by atoms with E-state index in [4.69, 9.17) is 4.74 Å². The molecule has 0 aromatic heterocycles. The van der Waals surface area contributed by atoms with E-state index >= 15 is 0 Å². The van der Waals surface area contributed by atoms with E-state index in [0.717, 1.165) is 11.3 Å². The molecule has 3 atom stereocenters. The van der Waals surface area contributed by atoms with Gasteiger partial charge in [0.2, 0.25) is 23.6 Å². The Kier molecular flexibility index (Phi) is 14.4. The van der Waals surface area contributed by atoms with E-state index in [1.54, 1.807) is 49.6 Å². The Hall–Kier alpha value is -5.21. The number of hydrogen-bond donors (Lipinski definition) is 6. The number of ketones is 2. The largest absolute Gasteiger partial charge is 0.497 e. The molecule has 1 heterocycles. The standard InChI is InChI=1S/C41H50N6O7S/c1-25(2)21-32(46-35(48)23-45-39(51)33(24-55)44-22-26-14-16-27(54-3)17-15-26)41(53)47-20-7-13-34(47)40(52)43-19-8-18-42-31-12-6-11-30-36(31)38(50)29-10-5-4-9-28(29)37(30)49/h4-6,9-12,14-17,25,32-34,42,44,55H,7-8,13,18-24H2,1-3H3,(H,43,52)(H,45,51)(H,46,48)/t32-,33-,34-/m0/s1. The number of carbonyl (C=O) groups excluding carboxylic acids is 6. The molecule has 292 valence electrons. The van der Waals surface area contributed by atoms with Gasteiger partial charge in [0, 0.05) is 54.3 Å². The first-order chi connectivity index (χ1) is 26.5. The Morgan fingerprint density at radius 3 is 2.27 bits per heavy atom. The van der Waals surface area contributed by atoms with E-state index in [-0.39, 0.29) is 41.6 Å². The highest BCUT2D eigenvalue weighted by molar-refractivity contribution is 7.80. The maximum Gasteiger partial charge on any atom is 0.245 e. The number of carbonyl (C=O) groups is 6. The number of thiol groups is 1. The number of anilines is 1. The second-order valence-electron chi connectivity index (χ2n) is 14.1. The molecule has 13 nitrogen and oxygen atoms in total. The summed E-state index contributed by atoms with van der Waals surface area (Å²) in [7, 11) is 1.59. The Morgan fingerprint density at radius 1 is 0.873 bits per heavy atom. The fraction of sp³-hybridized carbons (Fsp3) is 0.415. The summed E-state index contributed by atoms with van der Waals surface area (Å²) in [6.45, 7) is 5.12. The van der Waals surface area contributed by atoms with Crippen LogP contribution in [0.25, 0.3) is 0 Å². The molecule has 0 unspecified atom stereocenters. The van der Waals surface area contributed by atoms with E-state index < -0.39 is 29.9 Å². The highest BCUT2D eigenvalue weighted by Crippen LogP contribution is 2.32. The smallest absolute Gasteiger partial charge is 0.245 e. The van der Waals surface area contributed by atoms with Crippen molar-refractivity contribution in [2.75, 3.05) is 44.4 Å². The molecular formula is C41H50N6O7S. The monoisotopic (exact) mass is 770 g/mol. The molecule has 0 saturated carbocycles. The van der Waals surface area contributed by atoms with Crippen molar-refractivity contribution < 1.29 is 33.5 Å². The maximum atomic E-state index is 13.8. The van der Waals surface area contributed by atoms with Crippen LogP contribution in [0.5, 0.6) is 5.75 Å². The fourth-order valence-corrected chi connectivity index (χ4v) is 7.18. The lowest BCUT2D eigenvalue weighted by molar-refractivity contribution is -0.141. The molecule has 4 amide bonds. The second-order valence-corrected chi connectivity index (χ2v) is 14.5. The third kappa shape index (κ3) is 10.3. The molecule has 0 spiro atoms. The van der Waals surface area contributed by atoms with Crippen LogP contribution in [0, 0.1) is 5.92 Å². The van der Waals surface area contributed by atoms with Crippen molar-refractivity contribution in [1.29, 1.82) is 0 Å². The second kappa shape index (κ2) is 19.4. The van der Waals surface area contributed by atoms with Gasteiger partial charge in [-0.3, -0.25) is 28.8 Å². The van der Waals surface area contributed by atoms with E-state index in [1.807, 2.05) is 38.1 Å². The van der Waals surface area contributed by atoms with Crippen LogP contribution in [0.15, 0.2) is 66.7 Å². The van der Waals surface area contributed by atoms with Gasteiger partial charge in [-0.05, 0) is 55.4 Å². The van der Waals surface area contributed by atoms with Crippen LogP contribution in [-0.2, 0) is 25.7 Å². The molecule has 55 heavy (non-hydrogen) atoms. The topological polar surface area (TPSA) is 175 Å². The summed E-state index contributed by atoms with van der Waals surface area (Å²) in [6.07, 6.45) is 2.03. The van der Waals surface area contributed by atoms with Gasteiger partial charge in [-0.25, -0.2) is 0 Å². The van der Waals surface area contributed by atoms with E-state index in [9.17, 15) is 28.8 Å². The summed E-state index contributed by atoms with van der Waals surface area (Å²) in [4.78, 5) is 80.9. The van der Waals surface area contributed by atoms with Gasteiger partial charge in [-0.2, -0.15) is 12.6 Å². The molecule has 1 saturated heterocycles. The zero-order chi connectivity index (χ0) is 39.5. The van der Waals surface area contributed by atoms with Crippen molar-refractivity contribution in [1.82, 2.24) is 26.2 Å². The van der Waals surface area contributed by atoms with Crippen molar-refractivity contribution >= 4 is 53.5 Å². The molecule has 1 fully saturated rings. The Morgan fingerprint density at radius 2 is 1.58 bits per heavy atom. The van der Waals surface area contributed by atoms with Gasteiger partial charge in [0.15, 0.2) is 11.6 Å². The predicted octanol–water partition coefficient (Wildman–Crippen LogP) is 3.12. The first kappa shape index (κ1) is 41.0. The molecule has 5 N–H and O–H groups in total. The Bertz CT molecular complexity index is 1880. The highest BCUT2D eigenvalue weighted by atomic mass is 32.1. The number of ether oxygens (including phenoxy) is 1. The quantitative estimate of drug-likeness (QED) is 0.0657. The highest BCUT2D eigenvalue weighted by Gasteiger charge is 2.38. The zero-order valence-electron chi connectivity index (χ0n) is 31.5. The Labute approximate surface area is 327 Å². The molecule has 3 aromatic rings. The van der Waals surface area contributed by atoms with Crippen molar-refractivity contribution in [3.63, 3.8) is 0 Å². The Balaban J connectivity index is 1.09. The van der Waals surface area contributed by atoms with Gasteiger partial charge >= 0.3 is 0 Å². The van der Waals surface area contributed by atoms with Crippen LogP contribution >= 0.6 is 12.6 Å². The molecule has 0 radical (unpaired) electrons. The molecular weight excluding hydrogens is 721 g/mol. The summed E-state index contributed by atoms with van der Waals surface area (Å²) in [5, 5.41) is 14.8. The van der Waals surface area contributed by atoms with Crippen molar-refractivity contribution in [3.8, 4) is 5.75 Å². The zero-order valence-corrected chi connectivity index (χ0v) is 32.4. The number of amides is 4. The lowest BCUT2D eigenvalue weighted by Crippen LogP contribution is -2.55. The van der Waals surface area contributed by atoms with Gasteiger partial charge in [-0.1, -0.05) is 62.4 Å². The first-order valence-corrected chi connectivity index (χ1v) is 19.3. The SMILES string of the molecule is COc1ccc(CN[C@@H](CS)C(=O)NCC(=O)N[C@@H](CC(C)C)C(=O)N2CCC[C@H]2C(=O)NCCCNc2cccc3c2C(=O)c2ccccc2C3=O)cc1. The number of benzene rings is 3. The molecule has 2 aliphatic rings. The summed E-state index contributed by atoms with van der Waals surface area (Å²) < 4.78 is 5.18. The van der Waals surface area contributed by atoms with E-state index in [2.05, 4.69) is 39.2 Å². The van der Waals surface area contributed by atoms with Gasteiger partial charge in [0.1, 0.15) is 17.8 Å². The van der Waals surface area contributed by atoms with E-state index in [0.29, 0.717) is 79.8 Å². The summed E-state index contributed by atoms with van der Waals surface area (Å²) in [5.41, 5.74) is 3.00. The van der Waals surface area contributed by atoms with Gasteiger partial charge in [0.25, 0.3) is 0 Å². The van der Waals surface area contributed by atoms with Crippen LogP contribution in [-0.4, -0.2) is 97.3 Å². The molecule has 1 aliphatic heterocycles. The van der Waals surface area contributed by atoms with Crippen LogP contribution in [0.2, 0.25) is 0 Å². The maximum absolute atomic E-state index is 13.8. The van der Waals surface area contributed by atoms with Gasteiger partial charge < -0.3 is 36.2 Å². The predicted molar refractivity (Wildman–Crippen MR) is 212 cm³/mol. The van der Waals surface area contributed by atoms with Crippen LogP contribution in [0.4, 0.5) is 5.69 Å².